The lowest BCUT2D eigenvalue weighted by atomic mass is 9.83. The van der Waals surface area contributed by atoms with Crippen LogP contribution in [0.1, 0.15) is 28.4 Å². The van der Waals surface area contributed by atoms with Crippen LogP contribution < -0.4 is 10.5 Å². The summed E-state index contributed by atoms with van der Waals surface area (Å²) in [6.45, 7) is 1.76. The van der Waals surface area contributed by atoms with Crippen molar-refractivity contribution in [2.24, 2.45) is 5.92 Å². The molecule has 0 amide bonds. The summed E-state index contributed by atoms with van der Waals surface area (Å²) < 4.78 is 1.80. The van der Waals surface area contributed by atoms with Crippen LogP contribution in [0.15, 0.2) is 41.2 Å². The second kappa shape index (κ2) is 5.98. The third kappa shape index (κ3) is 2.63. The highest BCUT2D eigenvalue weighted by Gasteiger charge is 2.36. The van der Waals surface area contributed by atoms with Gasteiger partial charge in [0, 0.05) is 43.4 Å². The lowest BCUT2D eigenvalue weighted by molar-refractivity contribution is -0.384. The van der Waals surface area contributed by atoms with Gasteiger partial charge >= 0.3 is 5.97 Å². The minimum Gasteiger partial charge on any atom is -0.478 e. The number of nitro benzene ring substituents is 1. The molecule has 0 saturated carbocycles. The van der Waals surface area contributed by atoms with Gasteiger partial charge in [0.1, 0.15) is 5.69 Å². The number of aromatic nitrogens is 1. The molecule has 2 bridgehead atoms. The zero-order valence-corrected chi connectivity index (χ0v) is 13.9. The van der Waals surface area contributed by atoms with Crippen LogP contribution in [-0.4, -0.2) is 33.7 Å². The summed E-state index contributed by atoms with van der Waals surface area (Å²) in [7, 11) is 0. The van der Waals surface area contributed by atoms with Gasteiger partial charge in [-0.15, -0.1) is 0 Å². The monoisotopic (exact) mass is 355 g/mol. The second-order valence-corrected chi connectivity index (χ2v) is 6.87. The predicted octanol–water partition coefficient (Wildman–Crippen LogP) is 2.08. The number of hydrogen-bond acceptors (Lipinski definition) is 5. The van der Waals surface area contributed by atoms with Gasteiger partial charge in [-0.1, -0.05) is 6.07 Å². The Bertz CT molecular complexity index is 968. The highest BCUT2D eigenvalue weighted by Crippen LogP contribution is 2.39. The molecular formula is C18H17N3O5. The summed E-state index contributed by atoms with van der Waals surface area (Å²) in [4.78, 5) is 36.1. The Morgan fingerprint density at radius 3 is 2.73 bits per heavy atom. The summed E-state index contributed by atoms with van der Waals surface area (Å²) >= 11 is 0. The SMILES string of the molecule is O=C(O)c1ccc(N2CC3CC(C2)c2cccc(=O)n2C3)c([N+](=O)[O-])c1. The van der Waals surface area contributed by atoms with Crippen molar-refractivity contribution in [3.63, 3.8) is 0 Å². The summed E-state index contributed by atoms with van der Waals surface area (Å²) in [5.41, 5.74) is 1.08. The fourth-order valence-electron chi connectivity index (χ4n) is 4.16. The van der Waals surface area contributed by atoms with Gasteiger partial charge < -0.3 is 14.6 Å². The Morgan fingerprint density at radius 2 is 2.00 bits per heavy atom. The number of benzene rings is 1. The number of piperidine rings is 1. The number of pyridine rings is 1. The van der Waals surface area contributed by atoms with Gasteiger partial charge in [0.2, 0.25) is 0 Å². The summed E-state index contributed by atoms with van der Waals surface area (Å²) in [6, 6.07) is 9.26. The van der Waals surface area contributed by atoms with E-state index in [0.29, 0.717) is 25.3 Å². The molecule has 2 aliphatic rings. The first kappa shape index (κ1) is 16.3. The van der Waals surface area contributed by atoms with Crippen LogP contribution >= 0.6 is 0 Å². The number of carbonyl (C=O) groups is 1. The van der Waals surface area contributed by atoms with Gasteiger partial charge in [-0.3, -0.25) is 14.9 Å². The van der Waals surface area contributed by atoms with Crippen molar-refractivity contribution in [1.29, 1.82) is 0 Å². The fourth-order valence-corrected chi connectivity index (χ4v) is 4.16. The van der Waals surface area contributed by atoms with Crippen molar-refractivity contribution in [1.82, 2.24) is 4.57 Å². The van der Waals surface area contributed by atoms with Crippen molar-refractivity contribution in [2.45, 2.75) is 18.9 Å². The molecule has 2 atom stereocenters. The topological polar surface area (TPSA) is 106 Å². The Hall–Kier alpha value is -3.16. The minimum atomic E-state index is -1.19. The maximum atomic E-state index is 12.1. The van der Waals surface area contributed by atoms with Crippen molar-refractivity contribution >= 4 is 17.3 Å². The molecule has 2 unspecified atom stereocenters. The summed E-state index contributed by atoms with van der Waals surface area (Å²) in [5, 5.41) is 20.6. The van der Waals surface area contributed by atoms with Crippen molar-refractivity contribution < 1.29 is 14.8 Å². The zero-order chi connectivity index (χ0) is 18.4. The number of hydrogen-bond donors (Lipinski definition) is 1. The predicted molar refractivity (Wildman–Crippen MR) is 93.8 cm³/mol. The molecule has 26 heavy (non-hydrogen) atoms. The minimum absolute atomic E-state index is 0.0116. The van der Waals surface area contributed by atoms with E-state index in [1.165, 1.54) is 12.1 Å². The molecule has 2 aromatic rings. The van der Waals surface area contributed by atoms with Crippen LogP contribution in [0.5, 0.6) is 0 Å². The quantitative estimate of drug-likeness (QED) is 0.667. The number of carboxylic acid groups (broad SMARTS) is 1. The number of aromatic carboxylic acids is 1. The van der Waals surface area contributed by atoms with Gasteiger partial charge in [-0.05, 0) is 30.5 Å². The Morgan fingerprint density at radius 1 is 1.19 bits per heavy atom. The molecule has 1 N–H and O–H groups in total. The van der Waals surface area contributed by atoms with E-state index in [9.17, 15) is 19.7 Å². The second-order valence-electron chi connectivity index (χ2n) is 6.87. The lowest BCUT2D eigenvalue weighted by Gasteiger charge is -2.43. The normalized spacial score (nSPS) is 21.2. The van der Waals surface area contributed by atoms with Gasteiger partial charge in [-0.25, -0.2) is 4.79 Å². The molecular weight excluding hydrogens is 338 g/mol. The molecule has 4 rings (SSSR count). The van der Waals surface area contributed by atoms with E-state index >= 15 is 0 Å². The van der Waals surface area contributed by atoms with Gasteiger partial charge in [-0.2, -0.15) is 0 Å². The first-order chi connectivity index (χ1) is 12.4. The van der Waals surface area contributed by atoms with E-state index in [1.54, 1.807) is 16.7 Å². The highest BCUT2D eigenvalue weighted by atomic mass is 16.6. The molecule has 1 aromatic carbocycles. The van der Waals surface area contributed by atoms with Crippen LogP contribution in [-0.2, 0) is 6.54 Å². The fraction of sp³-hybridized carbons (Fsp3) is 0.333. The van der Waals surface area contributed by atoms with E-state index in [-0.39, 0.29) is 28.6 Å². The number of carboxylic acids is 1. The molecule has 2 aliphatic heterocycles. The van der Waals surface area contributed by atoms with Gasteiger partial charge in [0.05, 0.1) is 10.5 Å². The average molecular weight is 355 g/mol. The lowest BCUT2D eigenvalue weighted by Crippen LogP contribution is -2.47. The number of rotatable bonds is 3. The maximum Gasteiger partial charge on any atom is 0.335 e. The number of anilines is 1. The van der Waals surface area contributed by atoms with E-state index in [0.717, 1.165) is 18.2 Å². The molecule has 0 spiro atoms. The zero-order valence-electron chi connectivity index (χ0n) is 13.9. The van der Waals surface area contributed by atoms with E-state index in [2.05, 4.69) is 0 Å². The molecule has 8 nitrogen and oxygen atoms in total. The Balaban J connectivity index is 1.72. The van der Waals surface area contributed by atoms with E-state index in [1.807, 2.05) is 11.0 Å². The van der Waals surface area contributed by atoms with Crippen LogP contribution in [0, 0.1) is 16.0 Å². The third-order valence-corrected chi connectivity index (χ3v) is 5.24. The molecule has 3 heterocycles. The molecule has 1 aromatic heterocycles. The number of nitro groups is 1. The number of fused-ring (bicyclic) bond motifs is 4. The molecule has 0 radical (unpaired) electrons. The van der Waals surface area contributed by atoms with E-state index < -0.39 is 10.9 Å². The van der Waals surface area contributed by atoms with Gasteiger partial charge in [0.15, 0.2) is 0 Å². The Kier molecular flexibility index (Phi) is 3.75. The smallest absolute Gasteiger partial charge is 0.335 e. The third-order valence-electron chi connectivity index (χ3n) is 5.24. The number of nitrogens with zero attached hydrogens (tertiary/aromatic N) is 3. The van der Waals surface area contributed by atoms with E-state index in [4.69, 9.17) is 5.11 Å². The highest BCUT2D eigenvalue weighted by molar-refractivity contribution is 5.89. The standard InChI is InChI=1S/C18H17N3O5/c22-17-3-1-2-14-13-6-11(9-20(14)17)8-19(10-13)15-5-4-12(18(23)24)7-16(15)21(25)26/h1-5,7,11,13H,6,8-10H2,(H,23,24). The largest absolute Gasteiger partial charge is 0.478 e. The van der Waals surface area contributed by atoms with Crippen LogP contribution in [0.25, 0.3) is 0 Å². The first-order valence-corrected chi connectivity index (χ1v) is 8.40. The summed E-state index contributed by atoms with van der Waals surface area (Å²) in [6.07, 6.45) is 0.945. The average Bonchev–Trinajstić information content (AvgIpc) is 2.62. The van der Waals surface area contributed by atoms with Crippen molar-refractivity contribution in [2.75, 3.05) is 18.0 Å². The molecule has 8 heteroatoms. The van der Waals surface area contributed by atoms with Gasteiger partial charge in [0.25, 0.3) is 11.2 Å². The van der Waals surface area contributed by atoms with Crippen molar-refractivity contribution in [3.8, 4) is 0 Å². The first-order valence-electron chi connectivity index (χ1n) is 8.40. The molecule has 0 aliphatic carbocycles. The van der Waals surface area contributed by atoms with Crippen LogP contribution in [0.4, 0.5) is 11.4 Å². The van der Waals surface area contributed by atoms with Crippen molar-refractivity contribution in [3.05, 3.63) is 68.1 Å². The summed E-state index contributed by atoms with van der Waals surface area (Å²) in [5.74, 6) is -0.848. The maximum absolute atomic E-state index is 12.1. The van der Waals surface area contributed by atoms with Crippen LogP contribution in [0.3, 0.4) is 0 Å². The van der Waals surface area contributed by atoms with Crippen LogP contribution in [0.2, 0.25) is 0 Å². The molecule has 1 saturated heterocycles. The molecule has 1 fully saturated rings. The molecule has 134 valence electrons. The Labute approximate surface area is 148 Å².